The van der Waals surface area contributed by atoms with Gasteiger partial charge in [0.25, 0.3) is 0 Å². The second-order valence-corrected chi connectivity index (χ2v) is 5.21. The van der Waals surface area contributed by atoms with E-state index in [1.165, 1.54) is 6.08 Å². The molecular formula is C20H22O5. The van der Waals surface area contributed by atoms with E-state index in [1.807, 2.05) is 30.3 Å². The first kappa shape index (κ1) is 18.4. The quantitative estimate of drug-likeness (QED) is 0.543. The Bertz CT molecular complexity index is 719. The van der Waals surface area contributed by atoms with Gasteiger partial charge in [-0.15, -0.1) is 0 Å². The van der Waals surface area contributed by atoms with E-state index in [1.54, 1.807) is 39.5 Å². The third-order valence-corrected chi connectivity index (χ3v) is 3.63. The second kappa shape index (κ2) is 9.37. The Balaban J connectivity index is 1.86. The zero-order valence-corrected chi connectivity index (χ0v) is 14.7. The van der Waals surface area contributed by atoms with Crippen LogP contribution < -0.4 is 14.2 Å². The number of carbonyl (C=O) groups is 1. The number of rotatable bonds is 8. The Labute approximate surface area is 147 Å². The molecule has 5 heteroatoms. The van der Waals surface area contributed by atoms with Crippen molar-refractivity contribution in [1.82, 2.24) is 0 Å². The van der Waals surface area contributed by atoms with Gasteiger partial charge in [-0.05, 0) is 35.9 Å². The van der Waals surface area contributed by atoms with Crippen molar-refractivity contribution in [3.8, 4) is 17.2 Å². The van der Waals surface area contributed by atoms with E-state index in [0.29, 0.717) is 24.5 Å². The molecule has 0 saturated heterocycles. The van der Waals surface area contributed by atoms with Crippen molar-refractivity contribution in [2.45, 2.75) is 6.42 Å². The highest BCUT2D eigenvalue weighted by Crippen LogP contribution is 2.25. The van der Waals surface area contributed by atoms with E-state index >= 15 is 0 Å². The van der Waals surface area contributed by atoms with E-state index in [-0.39, 0.29) is 0 Å². The number of hydrogen-bond acceptors (Lipinski definition) is 5. The van der Waals surface area contributed by atoms with E-state index in [0.717, 1.165) is 16.9 Å². The van der Waals surface area contributed by atoms with Crippen molar-refractivity contribution in [3.63, 3.8) is 0 Å². The Morgan fingerprint density at radius 2 is 1.60 bits per heavy atom. The Morgan fingerprint density at radius 1 is 0.920 bits per heavy atom. The summed E-state index contributed by atoms with van der Waals surface area (Å²) in [7, 11) is 4.78. The van der Waals surface area contributed by atoms with Crippen molar-refractivity contribution in [1.29, 1.82) is 0 Å². The lowest BCUT2D eigenvalue weighted by molar-refractivity contribution is -0.137. The summed E-state index contributed by atoms with van der Waals surface area (Å²) in [5.41, 5.74) is 1.85. The van der Waals surface area contributed by atoms with Crippen LogP contribution in [0.1, 0.15) is 11.1 Å². The average molecular weight is 342 g/mol. The van der Waals surface area contributed by atoms with Gasteiger partial charge in [-0.25, -0.2) is 4.79 Å². The Hall–Kier alpha value is -2.95. The van der Waals surface area contributed by atoms with E-state index in [2.05, 4.69) is 0 Å². The molecule has 0 atom stereocenters. The number of methoxy groups -OCH3 is 3. The van der Waals surface area contributed by atoms with Crippen molar-refractivity contribution < 1.29 is 23.7 Å². The molecule has 0 aliphatic heterocycles. The molecule has 5 nitrogen and oxygen atoms in total. The maximum Gasteiger partial charge on any atom is 0.330 e. The molecular weight excluding hydrogens is 320 g/mol. The maximum absolute atomic E-state index is 11.8. The zero-order chi connectivity index (χ0) is 18.1. The Kier molecular flexibility index (Phi) is 6.89. The lowest BCUT2D eigenvalue weighted by Crippen LogP contribution is -2.04. The lowest BCUT2D eigenvalue weighted by Gasteiger charge is -2.07. The van der Waals surface area contributed by atoms with Crippen LogP contribution in [-0.4, -0.2) is 33.9 Å². The predicted octanol–water partition coefficient (Wildman–Crippen LogP) is 3.51. The van der Waals surface area contributed by atoms with Crippen LogP contribution in [0.4, 0.5) is 0 Å². The Morgan fingerprint density at radius 3 is 2.24 bits per heavy atom. The molecule has 0 amide bonds. The van der Waals surface area contributed by atoms with Gasteiger partial charge in [0, 0.05) is 24.1 Å². The van der Waals surface area contributed by atoms with Gasteiger partial charge in [0.15, 0.2) is 0 Å². The molecule has 2 aromatic carbocycles. The highest BCUT2D eigenvalue weighted by molar-refractivity contribution is 5.87. The first-order valence-corrected chi connectivity index (χ1v) is 7.86. The third-order valence-electron chi connectivity index (χ3n) is 3.63. The van der Waals surface area contributed by atoms with Gasteiger partial charge in [-0.1, -0.05) is 12.1 Å². The zero-order valence-electron chi connectivity index (χ0n) is 14.7. The van der Waals surface area contributed by atoms with Crippen LogP contribution in [0.5, 0.6) is 17.2 Å². The van der Waals surface area contributed by atoms with E-state index in [9.17, 15) is 4.79 Å². The fraction of sp³-hybridized carbons (Fsp3) is 0.250. The van der Waals surface area contributed by atoms with E-state index in [4.69, 9.17) is 18.9 Å². The first-order chi connectivity index (χ1) is 12.2. The number of esters is 1. The molecule has 0 heterocycles. The lowest BCUT2D eigenvalue weighted by atomic mass is 10.1. The SMILES string of the molecule is COc1ccc(CCOC(=O)/C=C/c2ccc(OC)cc2OC)cc1. The number of ether oxygens (including phenoxy) is 4. The summed E-state index contributed by atoms with van der Waals surface area (Å²) in [6, 6.07) is 13.0. The van der Waals surface area contributed by atoms with Gasteiger partial charge in [-0.2, -0.15) is 0 Å². The normalized spacial score (nSPS) is 10.5. The molecule has 132 valence electrons. The molecule has 0 spiro atoms. The smallest absolute Gasteiger partial charge is 0.330 e. The number of carbonyl (C=O) groups excluding carboxylic acids is 1. The maximum atomic E-state index is 11.8. The molecule has 0 radical (unpaired) electrons. The molecule has 25 heavy (non-hydrogen) atoms. The van der Waals surface area contributed by atoms with Crippen molar-refractivity contribution in [2.24, 2.45) is 0 Å². The fourth-order valence-electron chi connectivity index (χ4n) is 2.22. The van der Waals surface area contributed by atoms with Gasteiger partial charge >= 0.3 is 5.97 Å². The highest BCUT2D eigenvalue weighted by atomic mass is 16.5. The van der Waals surface area contributed by atoms with Crippen LogP contribution in [0.2, 0.25) is 0 Å². The van der Waals surface area contributed by atoms with Crippen LogP contribution in [0.15, 0.2) is 48.5 Å². The van der Waals surface area contributed by atoms with Gasteiger partial charge in [0.05, 0.1) is 27.9 Å². The summed E-state index contributed by atoms with van der Waals surface area (Å²) in [5.74, 6) is 1.72. The molecule has 0 saturated carbocycles. The monoisotopic (exact) mass is 342 g/mol. The highest BCUT2D eigenvalue weighted by Gasteiger charge is 2.04. The molecule has 2 rings (SSSR count). The molecule has 0 aliphatic rings. The number of benzene rings is 2. The van der Waals surface area contributed by atoms with Crippen molar-refractivity contribution in [3.05, 3.63) is 59.7 Å². The van der Waals surface area contributed by atoms with Crippen LogP contribution >= 0.6 is 0 Å². The predicted molar refractivity (Wildman–Crippen MR) is 96.2 cm³/mol. The second-order valence-electron chi connectivity index (χ2n) is 5.21. The average Bonchev–Trinajstić information content (AvgIpc) is 2.66. The molecule has 0 aliphatic carbocycles. The van der Waals surface area contributed by atoms with Crippen molar-refractivity contribution >= 4 is 12.0 Å². The summed E-state index contributed by atoms with van der Waals surface area (Å²) in [6.45, 7) is 0.315. The minimum absolute atomic E-state index is 0.315. The standard InChI is InChI=1S/C20H22O5/c1-22-17-8-4-15(5-9-17)12-13-25-20(21)11-7-16-6-10-18(23-2)14-19(16)24-3/h4-11,14H,12-13H2,1-3H3/b11-7+. The minimum Gasteiger partial charge on any atom is -0.497 e. The van der Waals surface area contributed by atoms with Crippen LogP contribution in [0, 0.1) is 0 Å². The van der Waals surface area contributed by atoms with Crippen LogP contribution in [0.25, 0.3) is 6.08 Å². The molecule has 2 aromatic rings. The van der Waals surface area contributed by atoms with Crippen LogP contribution in [0.3, 0.4) is 0 Å². The number of hydrogen-bond donors (Lipinski definition) is 0. The van der Waals surface area contributed by atoms with E-state index < -0.39 is 5.97 Å². The topological polar surface area (TPSA) is 54.0 Å². The largest absolute Gasteiger partial charge is 0.497 e. The van der Waals surface area contributed by atoms with Gasteiger partial charge in [0.1, 0.15) is 17.2 Å². The first-order valence-electron chi connectivity index (χ1n) is 7.86. The fourth-order valence-corrected chi connectivity index (χ4v) is 2.22. The molecule has 0 aromatic heterocycles. The summed E-state index contributed by atoms with van der Waals surface area (Å²) in [6.07, 6.45) is 3.70. The molecule has 0 unspecified atom stereocenters. The summed E-state index contributed by atoms with van der Waals surface area (Å²) < 4.78 is 20.8. The summed E-state index contributed by atoms with van der Waals surface area (Å²) >= 11 is 0. The third kappa shape index (κ3) is 5.57. The summed E-state index contributed by atoms with van der Waals surface area (Å²) in [4.78, 5) is 11.8. The van der Waals surface area contributed by atoms with Gasteiger partial charge < -0.3 is 18.9 Å². The van der Waals surface area contributed by atoms with Crippen molar-refractivity contribution in [2.75, 3.05) is 27.9 Å². The molecule has 0 bridgehead atoms. The van der Waals surface area contributed by atoms with Gasteiger partial charge in [0.2, 0.25) is 0 Å². The molecule has 0 fully saturated rings. The van der Waals surface area contributed by atoms with Gasteiger partial charge in [-0.3, -0.25) is 0 Å². The summed E-state index contributed by atoms with van der Waals surface area (Å²) in [5, 5.41) is 0. The minimum atomic E-state index is -0.397. The van der Waals surface area contributed by atoms with Crippen LogP contribution in [-0.2, 0) is 16.0 Å². The molecule has 0 N–H and O–H groups in total.